The number of rotatable bonds is 1. The Labute approximate surface area is 60.4 Å². The zero-order valence-electron chi connectivity index (χ0n) is 4.62. The van der Waals surface area contributed by atoms with Gasteiger partial charge in [-0.1, -0.05) is 6.92 Å². The molecule has 0 bridgehead atoms. The number of hydrogen-bond donors (Lipinski definition) is 0. The zero-order chi connectivity index (χ0) is 4.28. The summed E-state index contributed by atoms with van der Waals surface area (Å²) in [6.45, 7) is 3.43. The van der Waals surface area contributed by atoms with Gasteiger partial charge in [0.25, 0.3) is 0 Å². The van der Waals surface area contributed by atoms with Crippen LogP contribution in [0, 0.1) is 0 Å². The van der Waals surface area contributed by atoms with Crippen molar-refractivity contribution in [2.45, 2.75) is 20.3 Å². The average molecular weight is 95.1 g/mol. The van der Waals surface area contributed by atoms with Crippen LogP contribution < -0.4 is 0 Å². The normalized spacial score (nSPS) is 6.33. The molecule has 0 aliphatic carbocycles. The van der Waals surface area contributed by atoms with Gasteiger partial charge in [0.1, 0.15) is 5.78 Å². The zero-order valence-corrected chi connectivity index (χ0v) is 6.62. The molecule has 1 radical (unpaired) electrons. The van der Waals surface area contributed by atoms with Crippen LogP contribution >= 0.6 is 0 Å². The van der Waals surface area contributed by atoms with Gasteiger partial charge in [0, 0.05) is 36.0 Å². The fraction of sp³-hybridized carbons (Fsp3) is 0.750. The Bertz CT molecular complexity index is 42.8. The molecule has 0 aromatic heterocycles. The van der Waals surface area contributed by atoms with Gasteiger partial charge in [0.05, 0.1) is 0 Å². The summed E-state index contributed by atoms with van der Waals surface area (Å²) >= 11 is 0. The SMILES string of the molecule is CCC(C)=O.[Na]. The topological polar surface area (TPSA) is 17.1 Å². The van der Waals surface area contributed by atoms with Gasteiger partial charge in [-0.3, -0.25) is 0 Å². The van der Waals surface area contributed by atoms with E-state index in [0.717, 1.165) is 0 Å². The van der Waals surface area contributed by atoms with Crippen LogP contribution in [-0.2, 0) is 4.79 Å². The van der Waals surface area contributed by atoms with Crippen LogP contribution in [0.25, 0.3) is 0 Å². The number of hydrogen-bond acceptors (Lipinski definition) is 1. The van der Waals surface area contributed by atoms with Crippen LogP contribution in [0.15, 0.2) is 0 Å². The second kappa shape index (κ2) is 5.67. The molecule has 0 rings (SSSR count). The van der Waals surface area contributed by atoms with Crippen LogP contribution in [0.2, 0.25) is 0 Å². The third-order valence-electron chi connectivity index (χ3n) is 0.498. The molecule has 0 aromatic rings. The maximum absolute atomic E-state index is 9.81. The van der Waals surface area contributed by atoms with Crippen molar-refractivity contribution >= 4 is 35.3 Å². The van der Waals surface area contributed by atoms with Gasteiger partial charge in [-0.05, 0) is 6.92 Å². The summed E-state index contributed by atoms with van der Waals surface area (Å²) in [5.41, 5.74) is 0. The predicted molar refractivity (Wildman–Crippen MR) is 26.7 cm³/mol. The number of ketones is 1. The van der Waals surface area contributed by atoms with Gasteiger partial charge < -0.3 is 4.79 Å². The van der Waals surface area contributed by atoms with Crippen LogP contribution in [0.1, 0.15) is 20.3 Å². The third kappa shape index (κ3) is 8.82. The van der Waals surface area contributed by atoms with E-state index >= 15 is 0 Å². The van der Waals surface area contributed by atoms with E-state index in [1.54, 1.807) is 6.92 Å². The Balaban J connectivity index is 0. The maximum Gasteiger partial charge on any atom is 0.129 e. The molecule has 0 spiro atoms. The molecule has 0 unspecified atom stereocenters. The largest absolute Gasteiger partial charge is 0.300 e. The molecule has 0 atom stereocenters. The van der Waals surface area contributed by atoms with E-state index < -0.39 is 0 Å². The molecular formula is C4H8NaO. The first-order valence-electron chi connectivity index (χ1n) is 1.76. The second-order valence-electron chi connectivity index (χ2n) is 1.06. The van der Waals surface area contributed by atoms with E-state index in [2.05, 4.69) is 0 Å². The van der Waals surface area contributed by atoms with Crippen molar-refractivity contribution in [3.63, 3.8) is 0 Å². The van der Waals surface area contributed by atoms with Crippen LogP contribution in [0.4, 0.5) is 0 Å². The summed E-state index contributed by atoms with van der Waals surface area (Å²) < 4.78 is 0. The summed E-state index contributed by atoms with van der Waals surface area (Å²) in [4.78, 5) is 9.81. The Morgan fingerprint density at radius 2 is 1.83 bits per heavy atom. The van der Waals surface area contributed by atoms with Crippen LogP contribution in [0.3, 0.4) is 0 Å². The molecule has 0 aromatic carbocycles. The average Bonchev–Trinajstić information content (AvgIpc) is 1.38. The Kier molecular flexibility index (Phi) is 9.29. The van der Waals surface area contributed by atoms with E-state index in [-0.39, 0.29) is 35.3 Å². The van der Waals surface area contributed by atoms with Gasteiger partial charge >= 0.3 is 0 Å². The van der Waals surface area contributed by atoms with Crippen molar-refractivity contribution in [3.05, 3.63) is 0 Å². The molecular weight excluding hydrogens is 87.0 g/mol. The van der Waals surface area contributed by atoms with Crippen molar-refractivity contribution in [2.24, 2.45) is 0 Å². The van der Waals surface area contributed by atoms with E-state index in [0.29, 0.717) is 6.42 Å². The fourth-order valence-electron chi connectivity index (χ4n) is 0. The second-order valence-corrected chi connectivity index (χ2v) is 1.06. The number of carbonyl (C=O) groups excluding carboxylic acids is 1. The fourth-order valence-corrected chi connectivity index (χ4v) is 0. The molecule has 0 amide bonds. The first-order chi connectivity index (χ1) is 2.27. The molecule has 1 nitrogen and oxygen atoms in total. The molecule has 0 saturated heterocycles. The monoisotopic (exact) mass is 95.0 g/mol. The van der Waals surface area contributed by atoms with Crippen LogP contribution in [-0.4, -0.2) is 35.3 Å². The molecule has 31 valence electrons. The minimum absolute atomic E-state index is 0. The molecule has 0 aliphatic heterocycles. The summed E-state index contributed by atoms with van der Waals surface area (Å²) in [7, 11) is 0. The minimum atomic E-state index is 0. The van der Waals surface area contributed by atoms with Gasteiger partial charge in [-0.15, -0.1) is 0 Å². The van der Waals surface area contributed by atoms with Gasteiger partial charge in [-0.2, -0.15) is 0 Å². The summed E-state index contributed by atoms with van der Waals surface area (Å²) in [6, 6.07) is 0. The Hall–Kier alpha value is 0.670. The smallest absolute Gasteiger partial charge is 0.129 e. The molecule has 0 heterocycles. The summed E-state index contributed by atoms with van der Waals surface area (Å²) in [5, 5.41) is 0. The molecule has 6 heavy (non-hydrogen) atoms. The van der Waals surface area contributed by atoms with Gasteiger partial charge in [-0.25, -0.2) is 0 Å². The van der Waals surface area contributed by atoms with E-state index in [1.165, 1.54) is 0 Å². The standard InChI is InChI=1S/C4H8O.Na/c1-3-4(2)5;/h3H2,1-2H3;. The van der Waals surface area contributed by atoms with Crippen LogP contribution in [0.5, 0.6) is 0 Å². The third-order valence-corrected chi connectivity index (χ3v) is 0.498. The predicted octanol–water partition coefficient (Wildman–Crippen LogP) is 0.605. The van der Waals surface area contributed by atoms with Crippen molar-refractivity contribution in [1.29, 1.82) is 0 Å². The summed E-state index contributed by atoms with van der Waals surface area (Å²) in [5.74, 6) is 0.255. The first kappa shape index (κ1) is 9.83. The molecule has 2 heteroatoms. The van der Waals surface area contributed by atoms with E-state index in [4.69, 9.17) is 0 Å². The quantitative estimate of drug-likeness (QED) is 0.436. The van der Waals surface area contributed by atoms with Crippen molar-refractivity contribution in [1.82, 2.24) is 0 Å². The van der Waals surface area contributed by atoms with E-state index in [9.17, 15) is 4.79 Å². The molecule has 0 saturated carbocycles. The first-order valence-corrected chi connectivity index (χ1v) is 1.76. The number of carbonyl (C=O) groups is 1. The minimum Gasteiger partial charge on any atom is -0.300 e. The van der Waals surface area contributed by atoms with Crippen molar-refractivity contribution in [3.8, 4) is 0 Å². The van der Waals surface area contributed by atoms with Crippen molar-refractivity contribution in [2.75, 3.05) is 0 Å². The number of Topliss-reactive ketones (excluding diaryl/α,β-unsaturated/α-hetero) is 1. The summed E-state index contributed by atoms with van der Waals surface area (Å²) in [6.07, 6.45) is 0.667. The van der Waals surface area contributed by atoms with Gasteiger partial charge in [0.2, 0.25) is 0 Å². The molecule has 0 N–H and O–H groups in total. The molecule has 0 fully saturated rings. The molecule has 0 aliphatic rings. The van der Waals surface area contributed by atoms with Crippen molar-refractivity contribution < 1.29 is 4.79 Å². The Morgan fingerprint density at radius 3 is 1.83 bits per heavy atom. The Morgan fingerprint density at radius 1 is 1.67 bits per heavy atom. The van der Waals surface area contributed by atoms with E-state index in [1.807, 2.05) is 6.92 Å². The van der Waals surface area contributed by atoms with Gasteiger partial charge in [0.15, 0.2) is 0 Å². The maximum atomic E-state index is 9.81.